The van der Waals surface area contributed by atoms with E-state index in [-0.39, 0.29) is 0 Å². The van der Waals surface area contributed by atoms with Crippen molar-refractivity contribution in [2.24, 2.45) is 0 Å². The molecule has 5 heteroatoms. The molecule has 0 spiro atoms. The Morgan fingerprint density at radius 1 is 0.778 bits per heavy atom. The first kappa shape index (κ1) is 18.1. The van der Waals surface area contributed by atoms with Gasteiger partial charge in [0.2, 0.25) is 0 Å². The Bertz CT molecular complexity index is 1130. The molecule has 0 aliphatic carbocycles. The number of hydrogen-bond acceptors (Lipinski definition) is 1. The number of rotatable bonds is 3. The fourth-order valence-electron chi connectivity index (χ4n) is 3.09. The summed E-state index contributed by atoms with van der Waals surface area (Å²) in [7, 11) is 0. The number of aromatic nitrogens is 2. The largest absolute Gasteiger partial charge is 0.232 e. The molecule has 134 valence electrons. The van der Waals surface area contributed by atoms with Crippen molar-refractivity contribution in [3.05, 3.63) is 93.6 Å². The van der Waals surface area contributed by atoms with Gasteiger partial charge in [-0.25, -0.2) is 4.68 Å². The summed E-state index contributed by atoms with van der Waals surface area (Å²) in [5, 5.41) is 6.36. The lowest BCUT2D eigenvalue weighted by atomic mass is 10.0. The minimum absolute atomic E-state index is 0.509. The van der Waals surface area contributed by atoms with Crippen molar-refractivity contribution in [2.45, 2.75) is 6.92 Å². The van der Waals surface area contributed by atoms with Crippen molar-refractivity contribution in [2.75, 3.05) is 0 Å². The van der Waals surface area contributed by atoms with Gasteiger partial charge in [-0.1, -0.05) is 65.1 Å². The van der Waals surface area contributed by atoms with Crippen molar-refractivity contribution < 1.29 is 0 Å². The highest BCUT2D eigenvalue weighted by Crippen LogP contribution is 2.37. The Morgan fingerprint density at radius 3 is 2.33 bits per heavy atom. The first-order valence-corrected chi connectivity index (χ1v) is 9.53. The van der Waals surface area contributed by atoms with Crippen LogP contribution >= 0.6 is 34.8 Å². The molecule has 0 saturated carbocycles. The Kier molecular flexibility index (Phi) is 4.96. The highest BCUT2D eigenvalue weighted by molar-refractivity contribution is 6.42. The van der Waals surface area contributed by atoms with Crippen LogP contribution in [0.1, 0.15) is 5.56 Å². The maximum atomic E-state index is 6.26. The predicted molar refractivity (Wildman–Crippen MR) is 114 cm³/mol. The van der Waals surface area contributed by atoms with Gasteiger partial charge in [-0.15, -0.1) is 0 Å². The zero-order chi connectivity index (χ0) is 19.0. The van der Waals surface area contributed by atoms with E-state index >= 15 is 0 Å². The van der Waals surface area contributed by atoms with E-state index in [9.17, 15) is 0 Å². The quantitative estimate of drug-likeness (QED) is 0.340. The first-order valence-electron chi connectivity index (χ1n) is 8.39. The van der Waals surface area contributed by atoms with Crippen molar-refractivity contribution >= 4 is 34.8 Å². The van der Waals surface area contributed by atoms with Crippen LogP contribution in [0, 0.1) is 6.92 Å². The van der Waals surface area contributed by atoms with Gasteiger partial charge in [0.25, 0.3) is 0 Å². The summed E-state index contributed by atoms with van der Waals surface area (Å²) in [6.07, 6.45) is 1.85. The third kappa shape index (κ3) is 3.61. The molecular formula is C22H15Cl3N2. The van der Waals surface area contributed by atoms with E-state index in [2.05, 4.69) is 24.2 Å². The fraction of sp³-hybridized carbons (Fsp3) is 0.0455. The van der Waals surface area contributed by atoms with Crippen molar-refractivity contribution in [1.29, 1.82) is 0 Å². The van der Waals surface area contributed by atoms with Crippen LogP contribution in [0.25, 0.3) is 28.1 Å². The highest BCUT2D eigenvalue weighted by atomic mass is 35.5. The van der Waals surface area contributed by atoms with Crippen LogP contribution in [-0.2, 0) is 0 Å². The number of aryl methyl sites for hydroxylation is 1. The lowest BCUT2D eigenvalue weighted by Crippen LogP contribution is -1.99. The van der Waals surface area contributed by atoms with E-state index in [1.165, 1.54) is 0 Å². The number of nitrogens with zero attached hydrogens (tertiary/aromatic N) is 2. The SMILES string of the molecule is Cc1cccc(-n2ncc(-c3ccc(Cl)c(Cl)c3)c2-c2cccc(Cl)c2)c1. The van der Waals surface area contributed by atoms with Crippen LogP contribution in [0.4, 0.5) is 0 Å². The van der Waals surface area contributed by atoms with E-state index in [1.54, 1.807) is 6.07 Å². The molecule has 0 radical (unpaired) electrons. The Morgan fingerprint density at radius 2 is 1.59 bits per heavy atom. The topological polar surface area (TPSA) is 17.8 Å². The molecule has 2 nitrogen and oxygen atoms in total. The van der Waals surface area contributed by atoms with Gasteiger partial charge in [-0.2, -0.15) is 5.10 Å². The number of halogens is 3. The van der Waals surface area contributed by atoms with Gasteiger partial charge in [0.05, 0.1) is 27.6 Å². The second-order valence-electron chi connectivity index (χ2n) is 6.30. The Balaban J connectivity index is 1.98. The molecule has 0 bridgehead atoms. The van der Waals surface area contributed by atoms with E-state index in [0.717, 1.165) is 33.6 Å². The maximum absolute atomic E-state index is 6.26. The number of hydrogen-bond donors (Lipinski definition) is 0. The summed E-state index contributed by atoms with van der Waals surface area (Å²) < 4.78 is 1.93. The summed E-state index contributed by atoms with van der Waals surface area (Å²) >= 11 is 18.6. The average Bonchev–Trinajstić information content (AvgIpc) is 3.09. The summed E-state index contributed by atoms with van der Waals surface area (Å²) in [4.78, 5) is 0. The molecule has 0 N–H and O–H groups in total. The zero-order valence-corrected chi connectivity index (χ0v) is 16.7. The van der Waals surface area contributed by atoms with Crippen LogP contribution < -0.4 is 0 Å². The molecule has 1 heterocycles. The van der Waals surface area contributed by atoms with Crippen LogP contribution in [0.5, 0.6) is 0 Å². The standard InChI is InChI=1S/C22H15Cl3N2/c1-14-4-2-7-18(10-14)27-22(16-5-3-6-17(23)11-16)19(13-26-27)15-8-9-20(24)21(25)12-15/h2-13H,1H3. The molecule has 3 aromatic carbocycles. The minimum Gasteiger partial charge on any atom is -0.232 e. The lowest BCUT2D eigenvalue weighted by molar-refractivity contribution is 0.886. The molecule has 1 aromatic heterocycles. The Labute approximate surface area is 172 Å². The van der Waals surface area contributed by atoms with Gasteiger partial charge in [0.15, 0.2) is 0 Å². The van der Waals surface area contributed by atoms with Crippen LogP contribution in [0.2, 0.25) is 15.1 Å². The molecule has 4 aromatic rings. The van der Waals surface area contributed by atoms with Crippen LogP contribution in [0.3, 0.4) is 0 Å². The molecule has 27 heavy (non-hydrogen) atoms. The smallest absolute Gasteiger partial charge is 0.0819 e. The molecule has 4 rings (SSSR count). The monoisotopic (exact) mass is 412 g/mol. The van der Waals surface area contributed by atoms with Crippen molar-refractivity contribution in [3.63, 3.8) is 0 Å². The molecule has 0 aliphatic heterocycles. The van der Waals surface area contributed by atoms with Gasteiger partial charge < -0.3 is 0 Å². The van der Waals surface area contributed by atoms with Crippen molar-refractivity contribution in [1.82, 2.24) is 9.78 Å². The Hall–Kier alpha value is -2.26. The second kappa shape index (κ2) is 7.40. The summed E-state index contributed by atoms with van der Waals surface area (Å²) in [6, 6.07) is 21.6. The first-order chi connectivity index (χ1) is 13.0. The van der Waals surface area contributed by atoms with Crippen LogP contribution in [0.15, 0.2) is 72.9 Å². The van der Waals surface area contributed by atoms with Gasteiger partial charge in [-0.3, -0.25) is 0 Å². The van der Waals surface area contributed by atoms with Gasteiger partial charge in [-0.05, 0) is 54.4 Å². The van der Waals surface area contributed by atoms with Crippen molar-refractivity contribution in [3.8, 4) is 28.1 Å². The minimum atomic E-state index is 0.509. The fourth-order valence-corrected chi connectivity index (χ4v) is 3.58. The summed E-state index contributed by atoms with van der Waals surface area (Å²) in [6.45, 7) is 2.06. The van der Waals surface area contributed by atoms with Gasteiger partial charge in [0.1, 0.15) is 0 Å². The molecule has 0 fully saturated rings. The predicted octanol–water partition coefficient (Wildman–Crippen LogP) is 7.47. The summed E-state index contributed by atoms with van der Waals surface area (Å²) in [5.74, 6) is 0. The van der Waals surface area contributed by atoms with E-state index in [4.69, 9.17) is 34.8 Å². The zero-order valence-electron chi connectivity index (χ0n) is 14.5. The average molecular weight is 414 g/mol. The molecular weight excluding hydrogens is 399 g/mol. The van der Waals surface area contributed by atoms with E-state index < -0.39 is 0 Å². The van der Waals surface area contributed by atoms with E-state index in [0.29, 0.717) is 15.1 Å². The molecule has 0 saturated heterocycles. The number of benzene rings is 3. The second-order valence-corrected chi connectivity index (χ2v) is 7.55. The molecule has 0 unspecified atom stereocenters. The van der Waals surface area contributed by atoms with Gasteiger partial charge in [0, 0.05) is 16.1 Å². The van der Waals surface area contributed by atoms with E-state index in [1.807, 2.05) is 59.4 Å². The summed E-state index contributed by atoms with van der Waals surface area (Å²) in [5.41, 5.74) is 5.96. The van der Waals surface area contributed by atoms with Gasteiger partial charge >= 0.3 is 0 Å². The molecule has 0 aliphatic rings. The normalized spacial score (nSPS) is 11.0. The molecule has 0 amide bonds. The third-order valence-electron chi connectivity index (χ3n) is 4.34. The lowest BCUT2D eigenvalue weighted by Gasteiger charge is -2.12. The third-order valence-corrected chi connectivity index (χ3v) is 5.32. The highest BCUT2D eigenvalue weighted by Gasteiger charge is 2.17. The maximum Gasteiger partial charge on any atom is 0.0819 e. The van der Waals surface area contributed by atoms with Crippen LogP contribution in [-0.4, -0.2) is 9.78 Å². The molecule has 0 atom stereocenters.